The number of hydrazine groups is 1. The predicted octanol–water partition coefficient (Wildman–Crippen LogP) is 3.26. The molecule has 18 heavy (non-hydrogen) atoms. The normalized spacial score (nSPS) is 26.1. The fourth-order valence-corrected chi connectivity index (χ4v) is 3.31. The highest BCUT2D eigenvalue weighted by atomic mass is 16.3. The third-order valence-corrected chi connectivity index (χ3v) is 4.41. The van der Waals surface area contributed by atoms with Crippen molar-refractivity contribution in [3.8, 4) is 0 Å². The van der Waals surface area contributed by atoms with Crippen molar-refractivity contribution in [3.05, 3.63) is 24.2 Å². The summed E-state index contributed by atoms with van der Waals surface area (Å²) in [6.07, 6.45) is 12.7. The lowest BCUT2D eigenvalue weighted by Gasteiger charge is -2.33. The Morgan fingerprint density at radius 3 is 2.72 bits per heavy atom. The van der Waals surface area contributed by atoms with E-state index in [1.807, 2.05) is 12.3 Å². The summed E-state index contributed by atoms with van der Waals surface area (Å²) in [6, 6.07) is 2.43. The van der Waals surface area contributed by atoms with Crippen LogP contribution < -0.4 is 11.3 Å². The summed E-state index contributed by atoms with van der Waals surface area (Å²) in [5.41, 5.74) is 4.26. The van der Waals surface area contributed by atoms with E-state index in [9.17, 15) is 0 Å². The van der Waals surface area contributed by atoms with Crippen molar-refractivity contribution >= 4 is 0 Å². The Morgan fingerprint density at radius 1 is 1.39 bits per heavy atom. The Labute approximate surface area is 110 Å². The number of hydrogen-bond donors (Lipinski definition) is 2. The lowest BCUT2D eigenvalue weighted by Crippen LogP contribution is -2.43. The summed E-state index contributed by atoms with van der Waals surface area (Å²) < 4.78 is 5.13. The van der Waals surface area contributed by atoms with Crippen molar-refractivity contribution < 1.29 is 4.42 Å². The molecule has 1 aliphatic carbocycles. The quantitative estimate of drug-likeness (QED) is 0.602. The molecule has 1 fully saturated rings. The van der Waals surface area contributed by atoms with E-state index >= 15 is 0 Å². The van der Waals surface area contributed by atoms with Crippen LogP contribution in [0.3, 0.4) is 0 Å². The Kier molecular flexibility index (Phi) is 5.26. The second-order valence-corrected chi connectivity index (χ2v) is 5.68. The topological polar surface area (TPSA) is 51.2 Å². The standard InChI is InChI=1S/C15H26N2O/c1-2-3-12-4-6-14(7-5-12)15(17-16)10-13-8-9-18-11-13/h8-9,11-12,14-15,17H,2-7,10,16H2,1H3. The molecule has 3 heteroatoms. The molecule has 0 aliphatic heterocycles. The summed E-state index contributed by atoms with van der Waals surface area (Å²) in [5, 5.41) is 0. The molecule has 3 nitrogen and oxygen atoms in total. The zero-order valence-corrected chi connectivity index (χ0v) is 11.4. The minimum atomic E-state index is 0.394. The van der Waals surface area contributed by atoms with Crippen LogP contribution in [0.15, 0.2) is 23.0 Å². The van der Waals surface area contributed by atoms with Gasteiger partial charge in [-0.1, -0.05) is 32.6 Å². The molecule has 2 rings (SSSR count). The van der Waals surface area contributed by atoms with Gasteiger partial charge in [0.05, 0.1) is 12.5 Å². The second kappa shape index (κ2) is 6.95. The fraction of sp³-hybridized carbons (Fsp3) is 0.733. The first-order chi connectivity index (χ1) is 8.83. The summed E-state index contributed by atoms with van der Waals surface area (Å²) in [7, 11) is 0. The molecule has 0 radical (unpaired) electrons. The van der Waals surface area contributed by atoms with Gasteiger partial charge in [0.15, 0.2) is 0 Å². The van der Waals surface area contributed by atoms with Crippen LogP contribution in [0.25, 0.3) is 0 Å². The summed E-state index contributed by atoms with van der Waals surface area (Å²) in [4.78, 5) is 0. The van der Waals surface area contributed by atoms with Gasteiger partial charge in [0.25, 0.3) is 0 Å². The smallest absolute Gasteiger partial charge is 0.0935 e. The van der Waals surface area contributed by atoms with Gasteiger partial charge in [-0.2, -0.15) is 0 Å². The Morgan fingerprint density at radius 2 is 2.17 bits per heavy atom. The van der Waals surface area contributed by atoms with E-state index in [2.05, 4.69) is 12.3 Å². The maximum atomic E-state index is 5.73. The first-order valence-corrected chi connectivity index (χ1v) is 7.30. The van der Waals surface area contributed by atoms with Gasteiger partial charge in [0.2, 0.25) is 0 Å². The number of nitrogens with two attached hydrogens (primary N) is 1. The first-order valence-electron chi connectivity index (χ1n) is 7.30. The minimum absolute atomic E-state index is 0.394. The molecular formula is C15H26N2O. The summed E-state index contributed by atoms with van der Waals surface area (Å²) in [6.45, 7) is 2.29. The zero-order chi connectivity index (χ0) is 12.8. The molecule has 1 atom stereocenters. The van der Waals surface area contributed by atoms with Crippen LogP contribution in [-0.4, -0.2) is 6.04 Å². The number of furan rings is 1. The molecule has 1 aromatic heterocycles. The van der Waals surface area contributed by atoms with Gasteiger partial charge in [-0.05, 0) is 42.7 Å². The Balaban J connectivity index is 1.82. The van der Waals surface area contributed by atoms with E-state index < -0.39 is 0 Å². The van der Waals surface area contributed by atoms with E-state index in [-0.39, 0.29) is 0 Å². The SMILES string of the molecule is CCCC1CCC(C(Cc2ccoc2)NN)CC1. The molecule has 0 saturated heterocycles. The maximum Gasteiger partial charge on any atom is 0.0935 e. The van der Waals surface area contributed by atoms with Gasteiger partial charge in [-0.15, -0.1) is 0 Å². The molecule has 0 bridgehead atoms. The lowest BCUT2D eigenvalue weighted by molar-refractivity contribution is 0.213. The van der Waals surface area contributed by atoms with Crippen LogP contribution in [0, 0.1) is 11.8 Å². The molecule has 0 aromatic carbocycles. The van der Waals surface area contributed by atoms with Gasteiger partial charge in [-0.3, -0.25) is 11.3 Å². The van der Waals surface area contributed by atoms with Crippen LogP contribution in [0.2, 0.25) is 0 Å². The average molecular weight is 250 g/mol. The molecule has 3 N–H and O–H groups in total. The summed E-state index contributed by atoms with van der Waals surface area (Å²) in [5.74, 6) is 7.41. The average Bonchev–Trinajstić information content (AvgIpc) is 2.90. The van der Waals surface area contributed by atoms with E-state index in [1.165, 1.54) is 44.1 Å². The minimum Gasteiger partial charge on any atom is -0.472 e. The van der Waals surface area contributed by atoms with Gasteiger partial charge >= 0.3 is 0 Å². The van der Waals surface area contributed by atoms with Crippen LogP contribution in [0.4, 0.5) is 0 Å². The molecule has 0 amide bonds. The fourth-order valence-electron chi connectivity index (χ4n) is 3.31. The Hall–Kier alpha value is -0.800. The lowest BCUT2D eigenvalue weighted by atomic mass is 9.76. The van der Waals surface area contributed by atoms with Crippen molar-refractivity contribution in [3.63, 3.8) is 0 Å². The Bertz CT molecular complexity index is 315. The van der Waals surface area contributed by atoms with E-state index in [1.54, 1.807) is 6.26 Å². The van der Waals surface area contributed by atoms with Crippen LogP contribution in [-0.2, 0) is 6.42 Å². The number of nitrogens with one attached hydrogen (secondary N) is 1. The molecule has 1 heterocycles. The van der Waals surface area contributed by atoms with Crippen molar-refractivity contribution in [1.82, 2.24) is 5.43 Å². The molecule has 1 aliphatic rings. The largest absolute Gasteiger partial charge is 0.472 e. The van der Waals surface area contributed by atoms with Crippen LogP contribution in [0.5, 0.6) is 0 Å². The number of hydrogen-bond acceptors (Lipinski definition) is 3. The molecule has 1 saturated carbocycles. The van der Waals surface area contributed by atoms with Crippen molar-refractivity contribution in [2.45, 2.75) is 57.9 Å². The zero-order valence-electron chi connectivity index (χ0n) is 11.4. The van der Waals surface area contributed by atoms with Crippen molar-refractivity contribution in [2.24, 2.45) is 17.7 Å². The van der Waals surface area contributed by atoms with E-state index in [0.29, 0.717) is 6.04 Å². The highest BCUT2D eigenvalue weighted by Crippen LogP contribution is 2.33. The monoisotopic (exact) mass is 250 g/mol. The van der Waals surface area contributed by atoms with E-state index in [4.69, 9.17) is 10.3 Å². The van der Waals surface area contributed by atoms with Gasteiger partial charge in [0.1, 0.15) is 0 Å². The first kappa shape index (κ1) is 13.6. The third kappa shape index (κ3) is 3.59. The highest BCUT2D eigenvalue weighted by Gasteiger charge is 2.26. The molecule has 1 aromatic rings. The van der Waals surface area contributed by atoms with Gasteiger partial charge in [-0.25, -0.2) is 0 Å². The van der Waals surface area contributed by atoms with Crippen LogP contribution >= 0.6 is 0 Å². The maximum absolute atomic E-state index is 5.73. The van der Waals surface area contributed by atoms with Crippen molar-refractivity contribution in [1.29, 1.82) is 0 Å². The van der Waals surface area contributed by atoms with Gasteiger partial charge in [0, 0.05) is 6.04 Å². The molecule has 1 unspecified atom stereocenters. The number of rotatable bonds is 6. The highest BCUT2D eigenvalue weighted by molar-refractivity contribution is 5.08. The van der Waals surface area contributed by atoms with Crippen LogP contribution in [0.1, 0.15) is 51.0 Å². The predicted molar refractivity (Wildman–Crippen MR) is 73.9 cm³/mol. The van der Waals surface area contributed by atoms with E-state index in [0.717, 1.165) is 18.3 Å². The third-order valence-electron chi connectivity index (χ3n) is 4.41. The molecule has 0 spiro atoms. The van der Waals surface area contributed by atoms with Crippen molar-refractivity contribution in [2.75, 3.05) is 0 Å². The molecular weight excluding hydrogens is 224 g/mol. The second-order valence-electron chi connectivity index (χ2n) is 5.68. The molecule has 102 valence electrons. The van der Waals surface area contributed by atoms with Gasteiger partial charge < -0.3 is 4.42 Å². The summed E-state index contributed by atoms with van der Waals surface area (Å²) >= 11 is 0.